The van der Waals surface area contributed by atoms with Gasteiger partial charge >= 0.3 is 219 Å². The predicted molar refractivity (Wildman–Crippen MR) is 157 cm³/mol. The summed E-state index contributed by atoms with van der Waals surface area (Å²) in [6.07, 6.45) is 2.91. The number of ether oxygens (including phenoxy) is 1. The molecule has 0 aliphatic rings. The Balaban J connectivity index is 2.28. The summed E-state index contributed by atoms with van der Waals surface area (Å²) in [6, 6.07) is 32.7. The SMILES string of the molecule is CC(=O)O[C@H]([C@@H](C)C=C(C)C)[C@@H](C)CP(I)(c1ccccc1)(c1ccccc1)c1ccccc1. The van der Waals surface area contributed by atoms with Crippen molar-refractivity contribution in [3.05, 3.63) is 103 Å². The Kier molecular flexibility index (Phi) is 8.76. The van der Waals surface area contributed by atoms with E-state index in [0.29, 0.717) is 0 Å². The van der Waals surface area contributed by atoms with Crippen molar-refractivity contribution < 1.29 is 9.53 Å². The van der Waals surface area contributed by atoms with Crippen molar-refractivity contribution in [2.24, 2.45) is 11.8 Å². The number of hydrogen-bond acceptors (Lipinski definition) is 2. The number of allylic oxidation sites excluding steroid dienone is 1. The van der Waals surface area contributed by atoms with Gasteiger partial charge in [-0.15, -0.1) is 0 Å². The third kappa shape index (κ3) is 5.47. The number of carbonyl (C=O) groups excluding carboxylic acids is 1. The van der Waals surface area contributed by atoms with E-state index in [2.05, 4.69) is 147 Å². The van der Waals surface area contributed by atoms with Crippen LogP contribution >= 0.6 is 26.3 Å². The molecule has 0 bridgehead atoms. The topological polar surface area (TPSA) is 26.3 Å². The first kappa shape index (κ1) is 26.6. The Morgan fingerprint density at radius 1 is 0.794 bits per heavy atom. The first-order chi connectivity index (χ1) is 16.2. The molecule has 0 saturated heterocycles. The Morgan fingerprint density at radius 2 is 1.18 bits per heavy atom. The zero-order valence-corrected chi connectivity index (χ0v) is 23.9. The van der Waals surface area contributed by atoms with E-state index in [1.807, 2.05) is 0 Å². The molecule has 2 nitrogen and oxygen atoms in total. The van der Waals surface area contributed by atoms with Crippen LogP contribution in [0.2, 0.25) is 0 Å². The summed E-state index contributed by atoms with van der Waals surface area (Å²) in [5.74, 6) is 0.0277. The monoisotopic (exact) mass is 586 g/mol. The fourth-order valence-electron chi connectivity index (χ4n) is 5.18. The fraction of sp³-hybridized carbons (Fsp3) is 0.300. The van der Waals surface area contributed by atoms with E-state index in [9.17, 15) is 4.79 Å². The van der Waals surface area contributed by atoms with Crippen molar-refractivity contribution >= 4 is 48.2 Å². The van der Waals surface area contributed by atoms with Crippen LogP contribution in [0, 0.1) is 11.8 Å². The normalized spacial score (nSPS) is 15.3. The van der Waals surface area contributed by atoms with Crippen molar-refractivity contribution in [1.29, 1.82) is 0 Å². The van der Waals surface area contributed by atoms with Crippen molar-refractivity contribution in [1.82, 2.24) is 0 Å². The molecule has 0 saturated carbocycles. The summed E-state index contributed by atoms with van der Waals surface area (Å²) in [5.41, 5.74) is 1.23. The molecular weight excluding hydrogens is 550 g/mol. The van der Waals surface area contributed by atoms with E-state index in [-0.39, 0.29) is 23.9 Å². The van der Waals surface area contributed by atoms with Gasteiger partial charge in [0.1, 0.15) is 0 Å². The van der Waals surface area contributed by atoms with Crippen LogP contribution in [0.15, 0.2) is 103 Å². The summed E-state index contributed by atoms with van der Waals surface area (Å²) >= 11 is 2.81. The van der Waals surface area contributed by atoms with Gasteiger partial charge in [-0.2, -0.15) is 0 Å². The van der Waals surface area contributed by atoms with E-state index in [1.54, 1.807) is 0 Å². The van der Waals surface area contributed by atoms with Gasteiger partial charge in [0.05, 0.1) is 0 Å². The van der Waals surface area contributed by atoms with E-state index < -0.39 is 4.25 Å². The molecule has 0 spiro atoms. The number of hydrogen-bond donors (Lipinski definition) is 0. The van der Waals surface area contributed by atoms with Gasteiger partial charge < -0.3 is 0 Å². The molecule has 0 unspecified atom stereocenters. The molecule has 0 amide bonds. The van der Waals surface area contributed by atoms with Crippen LogP contribution in [0.1, 0.15) is 34.6 Å². The number of benzene rings is 3. The van der Waals surface area contributed by atoms with Crippen molar-refractivity contribution in [3.8, 4) is 0 Å². The molecule has 4 heteroatoms. The molecule has 0 N–H and O–H groups in total. The van der Waals surface area contributed by atoms with Gasteiger partial charge in [0, 0.05) is 0 Å². The third-order valence-electron chi connectivity index (χ3n) is 6.49. The fourth-order valence-corrected chi connectivity index (χ4v) is 15.1. The molecule has 0 fully saturated rings. The van der Waals surface area contributed by atoms with Crippen LogP contribution in [0.25, 0.3) is 0 Å². The van der Waals surface area contributed by atoms with Crippen LogP contribution < -0.4 is 15.9 Å². The molecular formula is C30H36IO2P. The molecule has 3 rings (SSSR count). The van der Waals surface area contributed by atoms with Gasteiger partial charge in [-0.05, 0) is 0 Å². The standard InChI is InChI=1S/C30H36IO2P/c1-23(2)21-24(3)30(33-26(5)32)25(4)22-34(31,27-15-9-6-10-16-27,28-17-11-7-12-18-28)29-19-13-8-14-20-29/h6-21,24-25,30H,22H2,1-5H3/t24-,25-,30+/m0/s1. The molecule has 34 heavy (non-hydrogen) atoms. The van der Waals surface area contributed by atoms with E-state index in [4.69, 9.17) is 4.74 Å². The van der Waals surface area contributed by atoms with E-state index in [0.717, 1.165) is 6.16 Å². The molecule has 0 radical (unpaired) electrons. The van der Waals surface area contributed by atoms with Gasteiger partial charge in [0.2, 0.25) is 0 Å². The van der Waals surface area contributed by atoms with Crippen LogP contribution in [0.5, 0.6) is 0 Å². The van der Waals surface area contributed by atoms with Gasteiger partial charge in [-0.3, -0.25) is 0 Å². The Labute approximate surface area is 218 Å². The molecule has 3 aromatic carbocycles. The summed E-state index contributed by atoms with van der Waals surface area (Å²) in [7, 11) is 0. The summed E-state index contributed by atoms with van der Waals surface area (Å²) < 4.78 is 3.06. The number of rotatable bonds is 9. The average molecular weight is 586 g/mol. The van der Waals surface area contributed by atoms with E-state index in [1.165, 1.54) is 28.4 Å². The van der Waals surface area contributed by atoms with Gasteiger partial charge in [-0.25, -0.2) is 0 Å². The quantitative estimate of drug-likeness (QED) is 0.116. The second kappa shape index (κ2) is 11.2. The second-order valence-corrected chi connectivity index (χ2v) is 20.2. The molecule has 3 atom stereocenters. The first-order valence-corrected chi connectivity index (χ1v) is 17.1. The van der Waals surface area contributed by atoms with Crippen LogP contribution in [-0.4, -0.2) is 18.2 Å². The summed E-state index contributed by atoms with van der Waals surface area (Å²) in [6.45, 7) is 10.1. The van der Waals surface area contributed by atoms with Crippen molar-refractivity contribution in [2.75, 3.05) is 6.16 Å². The van der Waals surface area contributed by atoms with E-state index >= 15 is 0 Å². The zero-order chi connectivity index (χ0) is 24.8. The van der Waals surface area contributed by atoms with Gasteiger partial charge in [0.25, 0.3) is 0 Å². The van der Waals surface area contributed by atoms with Gasteiger partial charge in [-0.1, -0.05) is 0 Å². The van der Waals surface area contributed by atoms with Crippen LogP contribution in [0.3, 0.4) is 0 Å². The van der Waals surface area contributed by atoms with Crippen molar-refractivity contribution in [2.45, 2.75) is 40.7 Å². The predicted octanol–water partition coefficient (Wildman–Crippen LogP) is 7.04. The second-order valence-electron chi connectivity index (χ2n) is 9.53. The minimum atomic E-state index is -2.95. The molecule has 0 aliphatic carbocycles. The Morgan fingerprint density at radius 3 is 1.50 bits per heavy atom. The number of esters is 1. The van der Waals surface area contributed by atoms with Crippen LogP contribution in [-0.2, 0) is 9.53 Å². The number of carbonyl (C=O) groups is 1. The Bertz CT molecular complexity index is 1010. The summed E-state index contributed by atoms with van der Waals surface area (Å²) in [5, 5.41) is 4.03. The molecule has 3 aromatic rings. The maximum absolute atomic E-state index is 12.2. The zero-order valence-electron chi connectivity index (χ0n) is 20.8. The number of halogens is 1. The van der Waals surface area contributed by atoms with Crippen molar-refractivity contribution in [3.63, 3.8) is 0 Å². The Hall–Kier alpha value is -1.97. The van der Waals surface area contributed by atoms with Gasteiger partial charge in [0.15, 0.2) is 0 Å². The summed E-state index contributed by atoms with van der Waals surface area (Å²) in [4.78, 5) is 12.2. The minimum absolute atomic E-state index is 0.122. The maximum atomic E-state index is 12.2. The van der Waals surface area contributed by atoms with Crippen LogP contribution in [0.4, 0.5) is 0 Å². The average Bonchev–Trinajstić information content (AvgIpc) is 2.83. The first-order valence-electron chi connectivity index (χ1n) is 11.9. The molecule has 0 heterocycles. The molecule has 180 valence electrons. The molecule has 0 aromatic heterocycles. The third-order valence-corrected chi connectivity index (χ3v) is 18.1. The molecule has 0 aliphatic heterocycles.